The van der Waals surface area contributed by atoms with Gasteiger partial charge in [0.15, 0.2) is 0 Å². The number of aromatic nitrogens is 1. The Labute approximate surface area is 164 Å². The van der Waals surface area contributed by atoms with E-state index in [0.717, 1.165) is 48.5 Å². The molecule has 2 heterocycles. The van der Waals surface area contributed by atoms with Gasteiger partial charge in [-0.2, -0.15) is 0 Å². The minimum Gasteiger partial charge on any atom is -0.497 e. The summed E-state index contributed by atoms with van der Waals surface area (Å²) in [6, 6.07) is 17.8. The molecule has 0 bridgehead atoms. The quantitative estimate of drug-likeness (QED) is 0.742. The predicted molar refractivity (Wildman–Crippen MR) is 112 cm³/mol. The Morgan fingerprint density at radius 2 is 1.79 bits per heavy atom. The SMILES string of the molecule is COc1ccc(N2CCN(CC(=O)Nc3cccc4cccnc34)CC2)cc1. The number of methoxy groups -OCH3 is 1. The lowest BCUT2D eigenvalue weighted by atomic mass is 10.2. The average molecular weight is 376 g/mol. The molecular weight excluding hydrogens is 352 g/mol. The fraction of sp³-hybridized carbons (Fsp3) is 0.273. The van der Waals surface area contributed by atoms with Crippen LogP contribution in [-0.2, 0) is 4.79 Å². The Balaban J connectivity index is 1.32. The van der Waals surface area contributed by atoms with Crippen LogP contribution in [0.3, 0.4) is 0 Å². The molecule has 0 radical (unpaired) electrons. The summed E-state index contributed by atoms with van der Waals surface area (Å²) in [5.74, 6) is 0.859. The third-order valence-electron chi connectivity index (χ3n) is 5.08. The molecular formula is C22H24N4O2. The molecule has 0 saturated carbocycles. The van der Waals surface area contributed by atoms with E-state index in [1.165, 1.54) is 5.69 Å². The van der Waals surface area contributed by atoms with Gasteiger partial charge in [0.25, 0.3) is 0 Å². The largest absolute Gasteiger partial charge is 0.497 e. The number of nitrogens with zero attached hydrogens (tertiary/aromatic N) is 3. The second-order valence-electron chi connectivity index (χ2n) is 6.89. The number of hydrogen-bond acceptors (Lipinski definition) is 5. The van der Waals surface area contributed by atoms with Crippen LogP contribution in [0.1, 0.15) is 0 Å². The zero-order valence-corrected chi connectivity index (χ0v) is 16.0. The zero-order valence-electron chi connectivity index (χ0n) is 16.0. The van der Waals surface area contributed by atoms with Crippen molar-refractivity contribution >= 4 is 28.2 Å². The van der Waals surface area contributed by atoms with E-state index in [0.29, 0.717) is 6.54 Å². The van der Waals surface area contributed by atoms with Gasteiger partial charge in [0.05, 0.1) is 24.9 Å². The second-order valence-corrected chi connectivity index (χ2v) is 6.89. The molecule has 0 atom stereocenters. The van der Waals surface area contributed by atoms with Crippen molar-refractivity contribution in [2.45, 2.75) is 0 Å². The van der Waals surface area contributed by atoms with Crippen LogP contribution in [-0.4, -0.2) is 55.6 Å². The Hall–Kier alpha value is -3.12. The fourth-order valence-electron chi connectivity index (χ4n) is 3.56. The van der Waals surface area contributed by atoms with Gasteiger partial charge in [-0.25, -0.2) is 0 Å². The molecule has 1 fully saturated rings. The number of anilines is 2. The van der Waals surface area contributed by atoms with E-state index < -0.39 is 0 Å². The van der Waals surface area contributed by atoms with E-state index in [4.69, 9.17) is 4.74 Å². The second kappa shape index (κ2) is 8.27. The highest BCUT2D eigenvalue weighted by atomic mass is 16.5. The molecule has 3 aromatic rings. The van der Waals surface area contributed by atoms with Crippen molar-refractivity contribution in [3.63, 3.8) is 0 Å². The smallest absolute Gasteiger partial charge is 0.238 e. The van der Waals surface area contributed by atoms with E-state index in [9.17, 15) is 4.79 Å². The Kier molecular flexibility index (Phi) is 5.39. The molecule has 1 aliphatic rings. The van der Waals surface area contributed by atoms with E-state index in [2.05, 4.69) is 32.2 Å². The molecule has 28 heavy (non-hydrogen) atoms. The number of fused-ring (bicyclic) bond motifs is 1. The molecule has 6 heteroatoms. The van der Waals surface area contributed by atoms with Crippen molar-refractivity contribution in [2.24, 2.45) is 0 Å². The van der Waals surface area contributed by atoms with Crippen LogP contribution in [0.4, 0.5) is 11.4 Å². The molecule has 144 valence electrons. The lowest BCUT2D eigenvalue weighted by Crippen LogP contribution is -2.48. The van der Waals surface area contributed by atoms with Crippen molar-refractivity contribution < 1.29 is 9.53 Å². The van der Waals surface area contributed by atoms with Gasteiger partial charge in [0, 0.05) is 43.4 Å². The van der Waals surface area contributed by atoms with Crippen molar-refractivity contribution in [1.29, 1.82) is 0 Å². The standard InChI is InChI=1S/C22H24N4O2/c1-28-19-9-7-18(8-10-19)26-14-12-25(13-15-26)16-21(27)24-20-6-2-4-17-5-3-11-23-22(17)20/h2-11H,12-16H2,1H3,(H,24,27). The average Bonchev–Trinajstić information content (AvgIpc) is 2.75. The summed E-state index contributed by atoms with van der Waals surface area (Å²) >= 11 is 0. The van der Waals surface area contributed by atoms with Crippen LogP contribution in [0.25, 0.3) is 10.9 Å². The number of pyridine rings is 1. The van der Waals surface area contributed by atoms with Crippen molar-refractivity contribution in [1.82, 2.24) is 9.88 Å². The highest BCUT2D eigenvalue weighted by Gasteiger charge is 2.19. The zero-order chi connectivity index (χ0) is 19.3. The molecule has 1 saturated heterocycles. The van der Waals surface area contributed by atoms with Crippen molar-refractivity contribution in [2.75, 3.05) is 50.1 Å². The summed E-state index contributed by atoms with van der Waals surface area (Å²) in [6.45, 7) is 3.89. The van der Waals surface area contributed by atoms with Gasteiger partial charge in [-0.1, -0.05) is 18.2 Å². The number of hydrogen-bond donors (Lipinski definition) is 1. The summed E-state index contributed by atoms with van der Waals surface area (Å²) < 4.78 is 5.22. The Morgan fingerprint density at radius 3 is 2.54 bits per heavy atom. The molecule has 1 amide bonds. The lowest BCUT2D eigenvalue weighted by Gasteiger charge is -2.35. The summed E-state index contributed by atoms with van der Waals surface area (Å²) in [7, 11) is 1.67. The number of para-hydroxylation sites is 1. The van der Waals surface area contributed by atoms with Crippen molar-refractivity contribution in [3.05, 3.63) is 60.8 Å². The van der Waals surface area contributed by atoms with Crippen LogP contribution < -0.4 is 15.0 Å². The third kappa shape index (κ3) is 4.07. The van der Waals surface area contributed by atoms with Gasteiger partial charge in [0.1, 0.15) is 5.75 Å². The molecule has 1 aromatic heterocycles. The normalized spacial score (nSPS) is 14.8. The van der Waals surface area contributed by atoms with Crippen LogP contribution in [0.2, 0.25) is 0 Å². The van der Waals surface area contributed by atoms with Crippen molar-refractivity contribution in [3.8, 4) is 5.75 Å². The number of carbonyl (C=O) groups excluding carboxylic acids is 1. The van der Waals surface area contributed by atoms with Gasteiger partial charge >= 0.3 is 0 Å². The monoisotopic (exact) mass is 376 g/mol. The predicted octanol–water partition coefficient (Wildman–Crippen LogP) is 3.00. The molecule has 4 rings (SSSR count). The minimum absolute atomic E-state index is 0.00366. The summed E-state index contributed by atoms with van der Waals surface area (Å²) in [5, 5.41) is 4.04. The fourth-order valence-corrected chi connectivity index (χ4v) is 3.56. The van der Waals surface area contributed by atoms with Gasteiger partial charge in [-0.3, -0.25) is 14.7 Å². The first-order valence-electron chi connectivity index (χ1n) is 9.48. The number of rotatable bonds is 5. The number of benzene rings is 2. The number of amides is 1. The maximum atomic E-state index is 12.5. The van der Waals surface area contributed by atoms with Crippen LogP contribution in [0, 0.1) is 0 Å². The molecule has 0 spiro atoms. The van der Waals surface area contributed by atoms with Gasteiger partial charge in [0.2, 0.25) is 5.91 Å². The minimum atomic E-state index is -0.00366. The maximum absolute atomic E-state index is 12.5. The maximum Gasteiger partial charge on any atom is 0.238 e. The van der Waals surface area contributed by atoms with Crippen LogP contribution in [0.15, 0.2) is 60.8 Å². The van der Waals surface area contributed by atoms with Crippen LogP contribution >= 0.6 is 0 Å². The van der Waals surface area contributed by atoms with Gasteiger partial charge < -0.3 is 15.0 Å². The summed E-state index contributed by atoms with van der Waals surface area (Å²) in [5.41, 5.74) is 2.77. The Morgan fingerprint density at radius 1 is 1.04 bits per heavy atom. The Bertz CT molecular complexity index is 945. The highest BCUT2D eigenvalue weighted by Crippen LogP contribution is 2.22. The number of piperazine rings is 1. The topological polar surface area (TPSA) is 57.7 Å². The molecule has 6 nitrogen and oxygen atoms in total. The molecule has 0 aliphatic carbocycles. The number of nitrogens with one attached hydrogen (secondary N) is 1. The first kappa shape index (κ1) is 18.3. The lowest BCUT2D eigenvalue weighted by molar-refractivity contribution is -0.117. The van der Waals surface area contributed by atoms with Crippen LogP contribution in [0.5, 0.6) is 5.75 Å². The molecule has 1 N–H and O–H groups in total. The number of ether oxygens (including phenoxy) is 1. The summed E-state index contributed by atoms with van der Waals surface area (Å²) in [4.78, 5) is 21.5. The molecule has 1 aliphatic heterocycles. The van der Waals surface area contributed by atoms with Gasteiger partial charge in [-0.05, 0) is 36.4 Å². The molecule has 2 aromatic carbocycles. The van der Waals surface area contributed by atoms with Gasteiger partial charge in [-0.15, -0.1) is 0 Å². The first-order chi connectivity index (χ1) is 13.7. The van der Waals surface area contributed by atoms with E-state index in [-0.39, 0.29) is 5.91 Å². The number of carbonyl (C=O) groups is 1. The van der Waals surface area contributed by atoms with E-state index in [1.54, 1.807) is 13.3 Å². The van der Waals surface area contributed by atoms with E-state index >= 15 is 0 Å². The third-order valence-corrected chi connectivity index (χ3v) is 5.08. The molecule has 0 unspecified atom stereocenters. The highest BCUT2D eigenvalue weighted by molar-refractivity contribution is 6.00. The summed E-state index contributed by atoms with van der Waals surface area (Å²) in [6.07, 6.45) is 1.75. The van der Waals surface area contributed by atoms with E-state index in [1.807, 2.05) is 42.5 Å². The first-order valence-corrected chi connectivity index (χ1v) is 9.48.